The molecule has 1 aromatic heterocycles. The Morgan fingerprint density at radius 3 is 2.81 bits per heavy atom. The average Bonchev–Trinajstić information content (AvgIpc) is 3.09. The summed E-state index contributed by atoms with van der Waals surface area (Å²) in [7, 11) is 1.63. The molecule has 1 saturated heterocycles. The zero-order chi connectivity index (χ0) is 22.2. The molecule has 0 aliphatic carbocycles. The van der Waals surface area contributed by atoms with Crippen LogP contribution in [0.4, 0.5) is 5.82 Å². The normalized spacial score (nSPS) is 15.9. The summed E-state index contributed by atoms with van der Waals surface area (Å²) in [6.07, 6.45) is 2.76. The molecule has 0 spiro atoms. The van der Waals surface area contributed by atoms with Gasteiger partial charge in [0.15, 0.2) is 0 Å². The first-order chi connectivity index (χ1) is 15.0. The molecule has 1 aliphatic rings. The van der Waals surface area contributed by atoms with E-state index in [4.69, 9.17) is 4.74 Å². The van der Waals surface area contributed by atoms with E-state index in [0.29, 0.717) is 5.82 Å². The second-order valence-corrected chi connectivity index (χ2v) is 8.10. The highest BCUT2D eigenvalue weighted by molar-refractivity contribution is 5.92. The van der Waals surface area contributed by atoms with Crippen LogP contribution >= 0.6 is 0 Å². The Hall–Kier alpha value is -2.87. The number of amides is 2. The van der Waals surface area contributed by atoms with Crippen molar-refractivity contribution in [3.8, 4) is 17.0 Å². The number of methoxy groups -OCH3 is 1. The molecule has 1 aliphatic heterocycles. The Morgan fingerprint density at radius 1 is 1.23 bits per heavy atom. The van der Waals surface area contributed by atoms with E-state index < -0.39 is 0 Å². The third-order valence-electron chi connectivity index (χ3n) is 5.81. The molecule has 1 atom stereocenters. The number of nitrogens with one attached hydrogen (secondary N) is 2. The van der Waals surface area contributed by atoms with Crippen LogP contribution in [0.1, 0.15) is 33.1 Å². The van der Waals surface area contributed by atoms with Crippen LogP contribution in [0.25, 0.3) is 11.3 Å². The number of aromatic nitrogens is 2. The van der Waals surface area contributed by atoms with Crippen molar-refractivity contribution in [2.24, 2.45) is 5.92 Å². The van der Waals surface area contributed by atoms with Gasteiger partial charge in [-0.1, -0.05) is 19.1 Å². The second-order valence-electron chi connectivity index (χ2n) is 8.10. The first kappa shape index (κ1) is 22.8. The van der Waals surface area contributed by atoms with Gasteiger partial charge in [-0.2, -0.15) is 5.10 Å². The predicted molar refractivity (Wildman–Crippen MR) is 121 cm³/mol. The maximum atomic E-state index is 12.6. The third kappa shape index (κ3) is 6.30. The molecule has 0 radical (unpaired) electrons. The number of H-pyrrole nitrogens is 1. The Bertz CT molecular complexity index is 882. The number of hydrogen-bond donors (Lipinski definition) is 2. The fourth-order valence-corrected chi connectivity index (χ4v) is 3.90. The number of ether oxygens (including phenoxy) is 1. The molecule has 2 heterocycles. The van der Waals surface area contributed by atoms with Crippen molar-refractivity contribution < 1.29 is 14.3 Å². The van der Waals surface area contributed by atoms with Crippen LogP contribution in [0.2, 0.25) is 0 Å². The minimum absolute atomic E-state index is 0.0196. The fourth-order valence-electron chi connectivity index (χ4n) is 3.90. The molecule has 8 heteroatoms. The van der Waals surface area contributed by atoms with Gasteiger partial charge < -0.3 is 19.9 Å². The van der Waals surface area contributed by atoms with Gasteiger partial charge in [0.05, 0.1) is 12.8 Å². The van der Waals surface area contributed by atoms with Crippen molar-refractivity contribution >= 4 is 17.6 Å². The van der Waals surface area contributed by atoms with E-state index >= 15 is 0 Å². The minimum Gasteiger partial charge on any atom is -0.496 e. The monoisotopic (exact) mass is 427 g/mol. The standard InChI is InChI=1S/C23H33N5O3/c1-17(8-6-11-27-12-7-13-28(15-14-27)18(2)29)23(30)24-22-16-20(25-26-22)19-9-4-5-10-21(19)31-3/h4-5,9-10,16-17H,6-8,11-15H2,1-3H3,(H2,24,25,26,30). The summed E-state index contributed by atoms with van der Waals surface area (Å²) >= 11 is 0. The molecular weight excluding hydrogens is 394 g/mol. The van der Waals surface area contributed by atoms with Crippen LogP contribution in [0.3, 0.4) is 0 Å². The third-order valence-corrected chi connectivity index (χ3v) is 5.81. The Morgan fingerprint density at radius 2 is 2.03 bits per heavy atom. The summed E-state index contributed by atoms with van der Waals surface area (Å²) in [5.41, 5.74) is 1.59. The smallest absolute Gasteiger partial charge is 0.228 e. The number of anilines is 1. The molecule has 2 aromatic rings. The van der Waals surface area contributed by atoms with Crippen molar-refractivity contribution in [3.63, 3.8) is 0 Å². The molecule has 3 rings (SSSR count). The highest BCUT2D eigenvalue weighted by atomic mass is 16.5. The zero-order valence-corrected chi connectivity index (χ0v) is 18.7. The van der Waals surface area contributed by atoms with Crippen LogP contribution in [0.5, 0.6) is 5.75 Å². The lowest BCUT2D eigenvalue weighted by molar-refractivity contribution is -0.128. The molecule has 0 bridgehead atoms. The SMILES string of the molecule is COc1ccccc1-c1cc(NC(=O)C(C)CCCN2CCCN(C(C)=O)CC2)[nH]n1. The van der Waals surface area contributed by atoms with E-state index in [-0.39, 0.29) is 17.7 Å². The number of carbonyl (C=O) groups excluding carboxylic acids is 2. The van der Waals surface area contributed by atoms with Crippen molar-refractivity contribution in [1.29, 1.82) is 0 Å². The van der Waals surface area contributed by atoms with Crippen LogP contribution in [-0.2, 0) is 9.59 Å². The Balaban J connectivity index is 1.45. The van der Waals surface area contributed by atoms with Crippen LogP contribution in [0, 0.1) is 5.92 Å². The largest absolute Gasteiger partial charge is 0.496 e. The number of benzene rings is 1. The van der Waals surface area contributed by atoms with Gasteiger partial charge in [0, 0.05) is 44.1 Å². The number of nitrogens with zero attached hydrogens (tertiary/aromatic N) is 3. The van der Waals surface area contributed by atoms with Crippen LogP contribution in [0.15, 0.2) is 30.3 Å². The molecule has 0 saturated carbocycles. The van der Waals surface area contributed by atoms with Crippen molar-refractivity contribution in [3.05, 3.63) is 30.3 Å². The van der Waals surface area contributed by atoms with Gasteiger partial charge in [-0.25, -0.2) is 0 Å². The van der Waals surface area contributed by atoms with Crippen LogP contribution in [-0.4, -0.2) is 71.6 Å². The van der Waals surface area contributed by atoms with Gasteiger partial charge in [0.2, 0.25) is 11.8 Å². The lowest BCUT2D eigenvalue weighted by Gasteiger charge is -2.21. The highest BCUT2D eigenvalue weighted by Gasteiger charge is 2.18. The lowest BCUT2D eigenvalue weighted by Crippen LogP contribution is -2.34. The summed E-state index contributed by atoms with van der Waals surface area (Å²) in [5, 5.41) is 10.1. The minimum atomic E-state index is -0.0984. The maximum absolute atomic E-state index is 12.6. The molecular formula is C23H33N5O3. The zero-order valence-electron chi connectivity index (χ0n) is 18.7. The van der Waals surface area contributed by atoms with Crippen molar-refractivity contribution in [2.75, 3.05) is 45.2 Å². The molecule has 1 aromatic carbocycles. The molecule has 8 nitrogen and oxygen atoms in total. The van der Waals surface area contributed by atoms with E-state index in [9.17, 15) is 9.59 Å². The number of carbonyl (C=O) groups is 2. The summed E-state index contributed by atoms with van der Waals surface area (Å²) < 4.78 is 5.38. The van der Waals surface area contributed by atoms with E-state index in [1.165, 1.54) is 0 Å². The van der Waals surface area contributed by atoms with E-state index in [0.717, 1.165) is 69.0 Å². The van der Waals surface area contributed by atoms with E-state index in [2.05, 4.69) is 20.4 Å². The highest BCUT2D eigenvalue weighted by Crippen LogP contribution is 2.29. The first-order valence-corrected chi connectivity index (χ1v) is 11.0. The first-order valence-electron chi connectivity index (χ1n) is 11.0. The van der Waals surface area contributed by atoms with E-state index in [1.807, 2.05) is 42.2 Å². The van der Waals surface area contributed by atoms with Crippen molar-refractivity contribution in [1.82, 2.24) is 20.0 Å². The van der Waals surface area contributed by atoms with Gasteiger partial charge in [-0.15, -0.1) is 0 Å². The lowest BCUT2D eigenvalue weighted by atomic mass is 10.0. The van der Waals surface area contributed by atoms with Gasteiger partial charge in [0.1, 0.15) is 11.6 Å². The number of aromatic amines is 1. The predicted octanol–water partition coefficient (Wildman–Crippen LogP) is 2.99. The molecule has 1 unspecified atom stereocenters. The second kappa shape index (κ2) is 10.9. The van der Waals surface area contributed by atoms with Crippen molar-refractivity contribution in [2.45, 2.75) is 33.1 Å². The van der Waals surface area contributed by atoms with Gasteiger partial charge in [-0.05, 0) is 44.5 Å². The Labute approximate surface area is 183 Å². The van der Waals surface area contributed by atoms with Crippen LogP contribution < -0.4 is 10.1 Å². The number of hydrogen-bond acceptors (Lipinski definition) is 5. The summed E-state index contributed by atoms with van der Waals surface area (Å²) in [5.74, 6) is 1.35. The molecule has 1 fully saturated rings. The molecule has 168 valence electrons. The number of rotatable bonds is 8. The fraction of sp³-hybridized carbons (Fsp3) is 0.522. The van der Waals surface area contributed by atoms with Gasteiger partial charge in [-0.3, -0.25) is 14.7 Å². The maximum Gasteiger partial charge on any atom is 0.228 e. The van der Waals surface area contributed by atoms with Gasteiger partial charge in [0.25, 0.3) is 0 Å². The molecule has 2 N–H and O–H groups in total. The topological polar surface area (TPSA) is 90.6 Å². The summed E-state index contributed by atoms with van der Waals surface area (Å²) in [6, 6.07) is 9.47. The number of para-hydroxylation sites is 1. The molecule has 2 amide bonds. The van der Waals surface area contributed by atoms with E-state index in [1.54, 1.807) is 14.0 Å². The summed E-state index contributed by atoms with van der Waals surface area (Å²) in [6.45, 7) is 8.07. The summed E-state index contributed by atoms with van der Waals surface area (Å²) in [4.78, 5) is 28.5. The van der Waals surface area contributed by atoms with Gasteiger partial charge >= 0.3 is 0 Å². The quantitative estimate of drug-likeness (QED) is 0.676. The Kier molecular flexibility index (Phi) is 8.06. The average molecular weight is 428 g/mol. The molecule has 31 heavy (non-hydrogen) atoms.